The van der Waals surface area contributed by atoms with Crippen LogP contribution in [0.3, 0.4) is 0 Å². The van der Waals surface area contributed by atoms with Crippen LogP contribution in [-0.4, -0.2) is 16.6 Å². The molecule has 0 aliphatic heterocycles. The molecule has 0 radical (unpaired) electrons. The van der Waals surface area contributed by atoms with E-state index in [1.807, 2.05) is 48.5 Å². The zero-order chi connectivity index (χ0) is 13.7. The SMILES string of the molecule is O=C(CSc1cccc(CO)c1)c1ccc(Br)cc1. The van der Waals surface area contributed by atoms with Crippen LogP contribution >= 0.6 is 27.7 Å². The number of hydrogen-bond donors (Lipinski definition) is 1. The van der Waals surface area contributed by atoms with Crippen molar-refractivity contribution in [2.75, 3.05) is 5.75 Å². The molecule has 1 N–H and O–H groups in total. The van der Waals surface area contributed by atoms with Crippen LogP contribution in [0, 0.1) is 0 Å². The lowest BCUT2D eigenvalue weighted by Gasteiger charge is -2.03. The molecule has 2 aromatic rings. The van der Waals surface area contributed by atoms with E-state index in [0.29, 0.717) is 11.3 Å². The molecule has 0 saturated carbocycles. The van der Waals surface area contributed by atoms with Crippen LogP contribution < -0.4 is 0 Å². The number of hydrogen-bond acceptors (Lipinski definition) is 3. The van der Waals surface area contributed by atoms with Gasteiger partial charge in [-0.3, -0.25) is 4.79 Å². The van der Waals surface area contributed by atoms with E-state index in [0.717, 1.165) is 14.9 Å². The molecule has 98 valence electrons. The van der Waals surface area contributed by atoms with Crippen LogP contribution in [0.25, 0.3) is 0 Å². The minimum Gasteiger partial charge on any atom is -0.392 e. The molecule has 2 rings (SSSR count). The predicted octanol–water partition coefficient (Wildman–Crippen LogP) is 3.92. The van der Waals surface area contributed by atoms with Crippen molar-refractivity contribution in [2.24, 2.45) is 0 Å². The summed E-state index contributed by atoms with van der Waals surface area (Å²) in [5.74, 6) is 0.503. The molecule has 0 atom stereocenters. The van der Waals surface area contributed by atoms with E-state index in [1.165, 1.54) is 11.8 Å². The minimum atomic E-state index is 0.0229. The fourth-order valence-electron chi connectivity index (χ4n) is 1.60. The van der Waals surface area contributed by atoms with E-state index in [-0.39, 0.29) is 12.4 Å². The molecule has 0 fully saturated rings. The van der Waals surface area contributed by atoms with Gasteiger partial charge in [0.1, 0.15) is 0 Å². The zero-order valence-electron chi connectivity index (χ0n) is 10.2. The number of carbonyl (C=O) groups excluding carboxylic acids is 1. The van der Waals surface area contributed by atoms with Gasteiger partial charge in [0.2, 0.25) is 0 Å². The number of halogens is 1. The van der Waals surface area contributed by atoms with Crippen molar-refractivity contribution in [3.8, 4) is 0 Å². The molecule has 0 aliphatic rings. The Morgan fingerprint density at radius 2 is 1.89 bits per heavy atom. The highest BCUT2D eigenvalue weighted by atomic mass is 79.9. The first kappa shape index (κ1) is 14.3. The summed E-state index contributed by atoms with van der Waals surface area (Å²) in [5.41, 5.74) is 1.58. The van der Waals surface area contributed by atoms with Gasteiger partial charge in [-0.25, -0.2) is 0 Å². The first-order valence-corrected chi connectivity index (χ1v) is 7.58. The fourth-order valence-corrected chi connectivity index (χ4v) is 2.74. The Kier molecular flexibility index (Phi) is 5.19. The van der Waals surface area contributed by atoms with Crippen LogP contribution in [0.15, 0.2) is 57.9 Å². The number of Topliss-reactive ketones (excluding diaryl/α,β-unsaturated/α-hetero) is 1. The third-order valence-electron chi connectivity index (χ3n) is 2.62. The highest BCUT2D eigenvalue weighted by molar-refractivity contribution is 9.10. The Labute approximate surface area is 125 Å². The second-order valence-electron chi connectivity index (χ2n) is 4.02. The summed E-state index contributed by atoms with van der Waals surface area (Å²) >= 11 is 4.83. The molecule has 0 spiro atoms. The van der Waals surface area contributed by atoms with Gasteiger partial charge in [0.05, 0.1) is 12.4 Å². The van der Waals surface area contributed by atoms with Crippen LogP contribution in [0.4, 0.5) is 0 Å². The van der Waals surface area contributed by atoms with Crippen molar-refractivity contribution in [3.63, 3.8) is 0 Å². The molecule has 19 heavy (non-hydrogen) atoms. The number of thioether (sulfide) groups is 1. The van der Waals surface area contributed by atoms with E-state index in [9.17, 15) is 4.79 Å². The minimum absolute atomic E-state index is 0.0229. The average Bonchev–Trinajstić information content (AvgIpc) is 2.46. The summed E-state index contributed by atoms with van der Waals surface area (Å²) in [6.07, 6.45) is 0. The van der Waals surface area contributed by atoms with Crippen LogP contribution in [0.2, 0.25) is 0 Å². The molecule has 0 amide bonds. The van der Waals surface area contributed by atoms with Crippen molar-refractivity contribution in [2.45, 2.75) is 11.5 Å². The van der Waals surface area contributed by atoms with E-state index < -0.39 is 0 Å². The fraction of sp³-hybridized carbons (Fsp3) is 0.133. The van der Waals surface area contributed by atoms with Gasteiger partial charge >= 0.3 is 0 Å². The number of benzene rings is 2. The highest BCUT2D eigenvalue weighted by Crippen LogP contribution is 2.21. The Hall–Kier alpha value is -1.10. The third-order valence-corrected chi connectivity index (χ3v) is 4.14. The largest absolute Gasteiger partial charge is 0.392 e. The number of aliphatic hydroxyl groups excluding tert-OH is 1. The highest BCUT2D eigenvalue weighted by Gasteiger charge is 2.06. The monoisotopic (exact) mass is 336 g/mol. The summed E-state index contributed by atoms with van der Waals surface area (Å²) in [6.45, 7) is 0.0229. The lowest BCUT2D eigenvalue weighted by atomic mass is 10.2. The van der Waals surface area contributed by atoms with Crippen LogP contribution in [-0.2, 0) is 6.61 Å². The van der Waals surface area contributed by atoms with E-state index >= 15 is 0 Å². The van der Waals surface area contributed by atoms with Crippen molar-refractivity contribution < 1.29 is 9.90 Å². The van der Waals surface area contributed by atoms with Gasteiger partial charge in [0.15, 0.2) is 5.78 Å². The van der Waals surface area contributed by atoms with Crippen molar-refractivity contribution in [1.82, 2.24) is 0 Å². The molecule has 0 heterocycles. The predicted molar refractivity (Wildman–Crippen MR) is 81.6 cm³/mol. The lowest BCUT2D eigenvalue weighted by Crippen LogP contribution is -2.01. The Bertz CT molecular complexity index is 567. The first-order valence-electron chi connectivity index (χ1n) is 5.80. The van der Waals surface area contributed by atoms with E-state index in [2.05, 4.69) is 15.9 Å². The number of rotatable bonds is 5. The molecule has 2 aromatic carbocycles. The van der Waals surface area contributed by atoms with Gasteiger partial charge < -0.3 is 5.11 Å². The van der Waals surface area contributed by atoms with Crippen molar-refractivity contribution in [1.29, 1.82) is 0 Å². The molecule has 0 unspecified atom stereocenters. The van der Waals surface area contributed by atoms with E-state index in [4.69, 9.17) is 5.11 Å². The first-order chi connectivity index (χ1) is 9.19. The molecular weight excluding hydrogens is 324 g/mol. The van der Waals surface area contributed by atoms with Crippen molar-refractivity contribution in [3.05, 3.63) is 64.1 Å². The lowest BCUT2D eigenvalue weighted by molar-refractivity contribution is 0.102. The second-order valence-corrected chi connectivity index (χ2v) is 5.99. The number of carbonyl (C=O) groups is 1. The Morgan fingerprint density at radius 1 is 1.16 bits per heavy atom. The zero-order valence-corrected chi connectivity index (χ0v) is 12.6. The molecule has 4 heteroatoms. The summed E-state index contributed by atoms with van der Waals surface area (Å²) in [7, 11) is 0. The van der Waals surface area contributed by atoms with E-state index in [1.54, 1.807) is 0 Å². The Balaban J connectivity index is 1.98. The summed E-state index contributed by atoms with van der Waals surface area (Å²) in [4.78, 5) is 13.0. The maximum absolute atomic E-state index is 12.0. The van der Waals surface area contributed by atoms with Gasteiger partial charge in [-0.05, 0) is 29.8 Å². The maximum atomic E-state index is 12.0. The number of aliphatic hydroxyl groups is 1. The number of ketones is 1. The molecule has 0 saturated heterocycles. The maximum Gasteiger partial charge on any atom is 0.173 e. The molecule has 2 nitrogen and oxygen atoms in total. The molecule has 0 aliphatic carbocycles. The third kappa shape index (κ3) is 4.20. The summed E-state index contributed by atoms with van der Waals surface area (Å²) < 4.78 is 0.965. The molecular formula is C15H13BrO2S. The van der Waals surface area contributed by atoms with Gasteiger partial charge in [-0.2, -0.15) is 0 Å². The van der Waals surface area contributed by atoms with Crippen LogP contribution in [0.5, 0.6) is 0 Å². The summed E-state index contributed by atoms with van der Waals surface area (Å²) in [5, 5.41) is 9.06. The quantitative estimate of drug-likeness (QED) is 0.664. The standard InChI is InChI=1S/C15H13BrO2S/c16-13-6-4-12(5-7-13)15(18)10-19-14-3-1-2-11(8-14)9-17/h1-8,17H,9-10H2. The summed E-state index contributed by atoms with van der Waals surface area (Å²) in [6, 6.07) is 15.0. The Morgan fingerprint density at radius 3 is 2.58 bits per heavy atom. The molecule has 0 aromatic heterocycles. The smallest absolute Gasteiger partial charge is 0.173 e. The topological polar surface area (TPSA) is 37.3 Å². The average molecular weight is 337 g/mol. The van der Waals surface area contributed by atoms with Gasteiger partial charge in [-0.15, -0.1) is 11.8 Å². The molecule has 0 bridgehead atoms. The van der Waals surface area contributed by atoms with Gasteiger partial charge in [0.25, 0.3) is 0 Å². The van der Waals surface area contributed by atoms with Gasteiger partial charge in [-0.1, -0.05) is 40.2 Å². The normalized spacial score (nSPS) is 10.4. The van der Waals surface area contributed by atoms with Crippen LogP contribution in [0.1, 0.15) is 15.9 Å². The second kappa shape index (κ2) is 6.89. The van der Waals surface area contributed by atoms with Gasteiger partial charge in [0, 0.05) is 14.9 Å². The van der Waals surface area contributed by atoms with Crippen molar-refractivity contribution >= 4 is 33.5 Å².